The average molecular weight is 359 g/mol. The summed E-state index contributed by atoms with van der Waals surface area (Å²) in [5.74, 6) is 0.794. The molecule has 3 N–H and O–H groups in total. The molecule has 27 heavy (non-hydrogen) atoms. The summed E-state index contributed by atoms with van der Waals surface area (Å²) in [7, 11) is 0. The van der Waals surface area contributed by atoms with Gasteiger partial charge in [0.05, 0.1) is 16.7 Å². The largest absolute Gasteiger partial charge is 0.352 e. The van der Waals surface area contributed by atoms with E-state index in [1.54, 1.807) is 6.20 Å². The van der Waals surface area contributed by atoms with E-state index in [4.69, 9.17) is 0 Å². The van der Waals surface area contributed by atoms with Gasteiger partial charge >= 0.3 is 0 Å². The van der Waals surface area contributed by atoms with Gasteiger partial charge in [0.25, 0.3) is 5.91 Å². The van der Waals surface area contributed by atoms with Crippen LogP contribution >= 0.6 is 0 Å². The number of fused-ring (bicyclic) bond motifs is 1. The first-order valence-corrected chi connectivity index (χ1v) is 8.94. The Balaban J connectivity index is 1.37. The van der Waals surface area contributed by atoms with Crippen LogP contribution in [-0.4, -0.2) is 32.6 Å². The Kier molecular flexibility index (Phi) is 4.46. The number of nitrogens with zero attached hydrogens (tertiary/aromatic N) is 2. The second-order valence-electron chi connectivity index (χ2n) is 6.64. The van der Waals surface area contributed by atoms with Crippen molar-refractivity contribution in [2.24, 2.45) is 0 Å². The number of rotatable bonds is 5. The van der Waals surface area contributed by atoms with Gasteiger partial charge in [-0.05, 0) is 54.8 Å². The number of H-pyrrole nitrogens is 2. The number of aryl methyl sites for hydroxylation is 2. The first kappa shape index (κ1) is 17.0. The molecule has 0 aliphatic heterocycles. The van der Waals surface area contributed by atoms with Crippen LogP contribution in [0.1, 0.15) is 27.3 Å². The lowest BCUT2D eigenvalue weighted by Gasteiger charge is -2.05. The molecule has 2 aromatic carbocycles. The van der Waals surface area contributed by atoms with Crippen molar-refractivity contribution >= 4 is 16.9 Å². The zero-order chi connectivity index (χ0) is 18.8. The molecule has 0 saturated carbocycles. The molecule has 1 amide bonds. The molecule has 2 aromatic heterocycles. The quantitative estimate of drug-likeness (QED) is 0.509. The zero-order valence-corrected chi connectivity index (χ0v) is 15.3. The van der Waals surface area contributed by atoms with Gasteiger partial charge in [0, 0.05) is 24.7 Å². The molecule has 4 aromatic rings. The third-order valence-corrected chi connectivity index (χ3v) is 4.83. The number of imidazole rings is 1. The van der Waals surface area contributed by atoms with E-state index in [2.05, 4.69) is 45.4 Å². The highest BCUT2D eigenvalue weighted by atomic mass is 16.1. The van der Waals surface area contributed by atoms with E-state index in [-0.39, 0.29) is 5.91 Å². The van der Waals surface area contributed by atoms with Crippen molar-refractivity contribution in [3.05, 3.63) is 71.2 Å². The average Bonchev–Trinajstić information content (AvgIpc) is 3.35. The van der Waals surface area contributed by atoms with Gasteiger partial charge in [-0.3, -0.25) is 9.89 Å². The summed E-state index contributed by atoms with van der Waals surface area (Å²) < 4.78 is 0. The highest BCUT2D eigenvalue weighted by Crippen LogP contribution is 2.19. The summed E-state index contributed by atoms with van der Waals surface area (Å²) in [6, 6.07) is 13.5. The molecule has 6 heteroatoms. The summed E-state index contributed by atoms with van der Waals surface area (Å²) in [6.45, 7) is 4.69. The SMILES string of the molecule is Cc1ccc2[nH]c(CCNC(=O)c3ccc(-c4ccn[nH]4)cc3)nc2c1C. The predicted octanol–water partition coefficient (Wildman–Crippen LogP) is 3.54. The Morgan fingerprint density at radius 2 is 1.89 bits per heavy atom. The molecule has 0 aliphatic carbocycles. The molecule has 0 spiro atoms. The third kappa shape index (κ3) is 3.46. The molecular weight excluding hydrogens is 338 g/mol. The van der Waals surface area contributed by atoms with Crippen LogP contribution in [0.4, 0.5) is 0 Å². The van der Waals surface area contributed by atoms with Crippen molar-refractivity contribution in [1.82, 2.24) is 25.5 Å². The molecule has 136 valence electrons. The van der Waals surface area contributed by atoms with Gasteiger partial charge in [-0.15, -0.1) is 0 Å². The molecule has 6 nitrogen and oxygen atoms in total. The molecule has 0 radical (unpaired) electrons. The van der Waals surface area contributed by atoms with Crippen LogP contribution in [0.5, 0.6) is 0 Å². The Bertz CT molecular complexity index is 1080. The minimum absolute atomic E-state index is 0.0886. The molecule has 0 atom stereocenters. The first-order valence-electron chi connectivity index (χ1n) is 8.94. The van der Waals surface area contributed by atoms with Gasteiger partial charge in [0.2, 0.25) is 0 Å². The maximum atomic E-state index is 12.3. The molecule has 0 saturated heterocycles. The first-order chi connectivity index (χ1) is 13.1. The third-order valence-electron chi connectivity index (χ3n) is 4.83. The Hall–Kier alpha value is -3.41. The van der Waals surface area contributed by atoms with Gasteiger partial charge in [0.15, 0.2) is 0 Å². The van der Waals surface area contributed by atoms with E-state index in [1.165, 1.54) is 11.1 Å². The van der Waals surface area contributed by atoms with Gasteiger partial charge < -0.3 is 10.3 Å². The van der Waals surface area contributed by atoms with E-state index in [1.807, 2.05) is 36.4 Å². The van der Waals surface area contributed by atoms with Gasteiger partial charge in [-0.1, -0.05) is 18.2 Å². The fraction of sp³-hybridized carbons (Fsp3) is 0.190. The van der Waals surface area contributed by atoms with E-state index in [0.29, 0.717) is 18.5 Å². The van der Waals surface area contributed by atoms with Crippen LogP contribution in [0.3, 0.4) is 0 Å². The molecule has 0 fully saturated rings. The summed E-state index contributed by atoms with van der Waals surface area (Å²) >= 11 is 0. The highest BCUT2D eigenvalue weighted by molar-refractivity contribution is 5.94. The Morgan fingerprint density at radius 1 is 1.07 bits per heavy atom. The van der Waals surface area contributed by atoms with Crippen LogP contribution in [0.25, 0.3) is 22.3 Å². The van der Waals surface area contributed by atoms with Crippen LogP contribution in [-0.2, 0) is 6.42 Å². The van der Waals surface area contributed by atoms with E-state index >= 15 is 0 Å². The maximum Gasteiger partial charge on any atom is 0.251 e. The lowest BCUT2D eigenvalue weighted by atomic mass is 10.1. The summed E-state index contributed by atoms with van der Waals surface area (Å²) in [4.78, 5) is 20.3. The molecule has 0 aliphatic rings. The van der Waals surface area contributed by atoms with Crippen molar-refractivity contribution in [1.29, 1.82) is 0 Å². The molecule has 0 bridgehead atoms. The van der Waals surface area contributed by atoms with Crippen LogP contribution in [0.15, 0.2) is 48.7 Å². The minimum atomic E-state index is -0.0886. The second kappa shape index (κ2) is 7.07. The van der Waals surface area contributed by atoms with Gasteiger partial charge in [0.1, 0.15) is 5.82 Å². The number of carbonyl (C=O) groups excluding carboxylic acids is 1. The summed E-state index contributed by atoms with van der Waals surface area (Å²) in [5, 5.41) is 9.80. The minimum Gasteiger partial charge on any atom is -0.352 e. The second-order valence-corrected chi connectivity index (χ2v) is 6.64. The summed E-state index contributed by atoms with van der Waals surface area (Å²) in [5.41, 5.74) is 7.02. The lowest BCUT2D eigenvalue weighted by Crippen LogP contribution is -2.25. The normalized spacial score (nSPS) is 11.0. The van der Waals surface area contributed by atoms with E-state index in [9.17, 15) is 4.79 Å². The van der Waals surface area contributed by atoms with Crippen LogP contribution in [0.2, 0.25) is 0 Å². The predicted molar refractivity (Wildman–Crippen MR) is 106 cm³/mol. The number of amides is 1. The number of nitrogens with one attached hydrogen (secondary N) is 3. The van der Waals surface area contributed by atoms with E-state index < -0.39 is 0 Å². The molecule has 4 rings (SSSR count). The van der Waals surface area contributed by atoms with Crippen molar-refractivity contribution in [2.75, 3.05) is 6.54 Å². The fourth-order valence-corrected chi connectivity index (χ4v) is 3.10. The standard InChI is InChI=1S/C21H21N5O/c1-13-3-8-18-20(14(13)2)25-19(24-18)10-11-22-21(27)16-6-4-15(5-7-16)17-9-12-23-26-17/h3-9,12H,10-11H2,1-2H3,(H,22,27)(H,23,26)(H,24,25). The van der Waals surface area contributed by atoms with E-state index in [0.717, 1.165) is 28.1 Å². The monoisotopic (exact) mass is 359 g/mol. The number of hydrogen-bond acceptors (Lipinski definition) is 3. The number of aromatic nitrogens is 4. The van der Waals surface area contributed by atoms with Crippen molar-refractivity contribution < 1.29 is 4.79 Å². The highest BCUT2D eigenvalue weighted by Gasteiger charge is 2.09. The number of carbonyl (C=O) groups is 1. The van der Waals surface area contributed by atoms with Crippen molar-refractivity contribution in [3.8, 4) is 11.3 Å². The molecule has 0 unspecified atom stereocenters. The van der Waals surface area contributed by atoms with Gasteiger partial charge in [-0.2, -0.15) is 5.10 Å². The smallest absolute Gasteiger partial charge is 0.251 e. The Labute approximate surface area is 157 Å². The Morgan fingerprint density at radius 3 is 2.63 bits per heavy atom. The number of hydrogen-bond donors (Lipinski definition) is 3. The number of aromatic amines is 2. The molecule has 2 heterocycles. The van der Waals surface area contributed by atoms with Crippen LogP contribution < -0.4 is 5.32 Å². The topological polar surface area (TPSA) is 86.5 Å². The maximum absolute atomic E-state index is 12.3. The fourth-order valence-electron chi connectivity index (χ4n) is 3.10. The van der Waals surface area contributed by atoms with Gasteiger partial charge in [-0.25, -0.2) is 4.98 Å². The molecular formula is C21H21N5O. The van der Waals surface area contributed by atoms with Crippen LogP contribution in [0, 0.1) is 13.8 Å². The lowest BCUT2D eigenvalue weighted by molar-refractivity contribution is 0.0954. The zero-order valence-electron chi connectivity index (χ0n) is 15.3. The van der Waals surface area contributed by atoms with Crippen molar-refractivity contribution in [2.45, 2.75) is 20.3 Å². The summed E-state index contributed by atoms with van der Waals surface area (Å²) in [6.07, 6.45) is 2.36. The van der Waals surface area contributed by atoms with Crippen molar-refractivity contribution in [3.63, 3.8) is 0 Å². The number of benzene rings is 2.